The van der Waals surface area contributed by atoms with Gasteiger partial charge in [0.25, 0.3) is 0 Å². The van der Waals surface area contributed by atoms with Gasteiger partial charge in [0.2, 0.25) is 0 Å². The molecule has 0 aliphatic heterocycles. The van der Waals surface area contributed by atoms with Gasteiger partial charge in [0, 0.05) is 150 Å². The number of H-pyrrole nitrogens is 4. The summed E-state index contributed by atoms with van der Waals surface area (Å²) < 4.78 is 5.56. The van der Waals surface area contributed by atoms with Crippen molar-refractivity contribution < 1.29 is 0 Å². The molecule has 0 saturated carbocycles. The van der Waals surface area contributed by atoms with E-state index < -0.39 is 0 Å². The van der Waals surface area contributed by atoms with Crippen molar-refractivity contribution in [3.05, 3.63) is 328 Å². The second-order valence-corrected chi connectivity index (χ2v) is 30.7. The summed E-state index contributed by atoms with van der Waals surface area (Å²) in [5.41, 5.74) is 19.2. The number of aryl methyl sites for hydroxylation is 3. The Morgan fingerprint density at radius 1 is 0.328 bits per heavy atom. The molecule has 0 spiro atoms. The van der Waals surface area contributed by atoms with Gasteiger partial charge in [-0.1, -0.05) is 174 Å². The molecule has 30 nitrogen and oxygen atoms in total. The number of nitrogens with one attached hydrogen (secondary N) is 8. The maximum absolute atomic E-state index is 9.81. The smallest absolute Gasteiger partial charge is 0.183 e. The van der Waals surface area contributed by atoms with Gasteiger partial charge in [0.1, 0.15) is 24.3 Å². The molecule has 8 aromatic carbocycles. The van der Waals surface area contributed by atoms with Gasteiger partial charge in [-0.25, -0.2) is 44.9 Å². The molecular weight excluding hydrogens is 1690 g/mol. The second-order valence-electron chi connectivity index (χ2n) is 29.1. The number of aromatic nitrogens is 22. The maximum atomic E-state index is 9.81. The van der Waals surface area contributed by atoms with Gasteiger partial charge in [-0.2, -0.15) is 46.5 Å². The van der Waals surface area contributed by atoms with E-state index in [0.717, 1.165) is 111 Å². The first-order valence-corrected chi connectivity index (χ1v) is 41.0. The molecule has 0 radical (unpaired) electrons. The van der Waals surface area contributed by atoms with Crippen LogP contribution in [0.4, 0.5) is 23.3 Å². The van der Waals surface area contributed by atoms with Crippen LogP contribution in [0.1, 0.15) is 45.2 Å². The van der Waals surface area contributed by atoms with Crippen molar-refractivity contribution in [2.24, 2.45) is 21.1 Å². The van der Waals surface area contributed by atoms with Crippen LogP contribution in [-0.2, 0) is 47.3 Å². The molecule has 0 aliphatic carbocycles. The standard InChI is InChI=1S/C24H18ClN7.C24H16ClN7.2C23H17ClN8/c1-32-8-7-15(14-32)12-27-24-20(11-26)29-23(22(30-24)16-5-3-2-4-6-16)17-9-18-13-28-31-21(18)19(25)10-17;25-19-10-17(9-18-14-29-32-21(18)19)23-22(16-6-2-1-3-7-16)31-24(20(11-26)30-23)28-13-15-5-4-8-27-12-15;1-32-13-14(11-28-32)10-26-23-19(9-25)29-22(21(30-23)15-5-3-2-4-6-15)16-7-17-12-27-31-20(17)18(24)8-16;1-32-12-17(27-13-32)11-26-23-19(9-25)29-22(21(30-23)14-5-3-2-4-6-14)15-7-16-10-28-31-20(16)18(24)8-15/h2-10,13-14H,12H2,1H3,(H,27,30)(H,28,31);1-10,12,14H,13H2,(H,28,31)(H,29,32);2-8,11-13H,10H2,1H3,(H,26,30)(H,27,31);2-8,10,12-13H,11H2,1H3,(H,26,30)(H,28,31). The molecule has 12 heterocycles. The van der Waals surface area contributed by atoms with Crippen LogP contribution < -0.4 is 21.3 Å². The Kier molecular flexibility index (Phi) is 24.7. The zero-order chi connectivity index (χ0) is 88.2. The summed E-state index contributed by atoms with van der Waals surface area (Å²) in [6.07, 6.45) is 21.6. The zero-order valence-corrected chi connectivity index (χ0v) is 71.0. The van der Waals surface area contributed by atoms with E-state index >= 15 is 0 Å². The highest BCUT2D eigenvalue weighted by Gasteiger charge is 2.25. The van der Waals surface area contributed by atoms with Gasteiger partial charge in [-0.3, -0.25) is 30.1 Å². The number of nitrogens with zero attached hydrogens (tertiary/aromatic N) is 22. The highest BCUT2D eigenvalue weighted by atomic mass is 35.5. The van der Waals surface area contributed by atoms with E-state index in [9.17, 15) is 21.0 Å². The fraction of sp³-hybridized carbons (Fsp3) is 0.0745. The van der Waals surface area contributed by atoms with Gasteiger partial charge in [0.05, 0.1) is 137 Å². The SMILES string of the molecule is Cn1cc(CNc2nc(-c3ccccc3)c(-c3cc(Cl)c4[nH]ncc4c3)nc2C#N)cn1.Cn1ccc(CNc2nc(-c3ccccc3)c(-c3cc(Cl)c4[nH]ncc4c3)nc2C#N)c1.Cn1cnc(CNc2nc(-c3ccccc3)c(-c3cc(Cl)c4[nH]ncc4c3)nc2C#N)c1.N#Cc1nc(-c2cc(Cl)c3[nH]ncc3c2)c(-c2ccccc2)nc1NCc1cccnc1. The quantitative estimate of drug-likeness (QED) is 0.0351. The van der Waals surface area contributed by atoms with Gasteiger partial charge in [-0.15, -0.1) is 0 Å². The Morgan fingerprint density at radius 3 is 0.961 bits per heavy atom. The molecule has 128 heavy (non-hydrogen) atoms. The molecule has 0 aliphatic rings. The van der Waals surface area contributed by atoms with E-state index in [1.54, 1.807) is 60.5 Å². The fourth-order valence-corrected chi connectivity index (χ4v) is 15.2. The molecule has 0 saturated heterocycles. The van der Waals surface area contributed by atoms with Crippen LogP contribution in [0.2, 0.25) is 20.1 Å². The van der Waals surface area contributed by atoms with Crippen LogP contribution in [0.5, 0.6) is 0 Å². The number of benzene rings is 8. The molecule has 0 fully saturated rings. The van der Waals surface area contributed by atoms with E-state index in [0.29, 0.717) is 115 Å². The number of anilines is 4. The van der Waals surface area contributed by atoms with Crippen LogP contribution in [0, 0.1) is 45.3 Å². The summed E-state index contributed by atoms with van der Waals surface area (Å²) in [5.74, 6) is 1.66. The molecule has 20 aromatic rings. The lowest BCUT2D eigenvalue weighted by molar-refractivity contribution is 0.767. The Bertz CT molecular complexity index is 7090. The van der Waals surface area contributed by atoms with E-state index in [-0.39, 0.29) is 22.8 Å². The number of aromatic amines is 4. The Labute approximate surface area is 749 Å². The Balaban J connectivity index is 0.000000120. The normalized spacial score (nSPS) is 10.9. The number of fused-ring (bicyclic) bond motifs is 4. The largest absolute Gasteiger partial charge is 0.364 e. The van der Waals surface area contributed by atoms with E-state index in [2.05, 4.69) is 106 Å². The summed E-state index contributed by atoms with van der Waals surface area (Å²) in [6.45, 7) is 1.89. The van der Waals surface area contributed by atoms with Gasteiger partial charge < -0.3 is 30.4 Å². The van der Waals surface area contributed by atoms with Gasteiger partial charge in [0.15, 0.2) is 46.0 Å². The number of pyridine rings is 1. The number of hydrogen-bond donors (Lipinski definition) is 8. The third kappa shape index (κ3) is 18.6. The van der Waals surface area contributed by atoms with E-state index in [1.165, 1.54) is 0 Å². The molecule has 0 atom stereocenters. The molecule has 34 heteroatoms. The van der Waals surface area contributed by atoms with E-state index in [1.807, 2.05) is 237 Å². The minimum absolute atomic E-state index is 0.194. The van der Waals surface area contributed by atoms with Gasteiger partial charge >= 0.3 is 0 Å². The van der Waals surface area contributed by atoms with Crippen molar-refractivity contribution in [2.75, 3.05) is 21.3 Å². The summed E-state index contributed by atoms with van der Waals surface area (Å²) in [5, 5.41) is 89.6. The molecular formula is C94H68Cl4N30. The number of halogens is 4. The monoisotopic (exact) mass is 1760 g/mol. The summed E-state index contributed by atoms with van der Waals surface area (Å²) in [7, 11) is 5.73. The molecule has 0 bridgehead atoms. The molecule has 622 valence electrons. The predicted molar refractivity (Wildman–Crippen MR) is 494 cm³/mol. The summed E-state index contributed by atoms with van der Waals surface area (Å²) in [6, 6.07) is 68.5. The number of hydrogen-bond acceptors (Lipinski definition) is 23. The zero-order valence-electron chi connectivity index (χ0n) is 68.0. The average molecular weight is 1760 g/mol. The lowest BCUT2D eigenvalue weighted by atomic mass is 10.0. The molecule has 20 rings (SSSR count). The topological polar surface area (TPSA) is 415 Å². The second kappa shape index (κ2) is 37.9. The minimum Gasteiger partial charge on any atom is -0.364 e. The lowest BCUT2D eigenvalue weighted by Gasteiger charge is -2.14. The molecule has 0 unspecified atom stereocenters. The van der Waals surface area contributed by atoms with Crippen LogP contribution in [0.15, 0.2) is 263 Å². The fourth-order valence-electron chi connectivity index (χ4n) is 14.2. The Hall–Kier alpha value is -16.9. The predicted octanol–water partition coefficient (Wildman–Crippen LogP) is 19.5. The van der Waals surface area contributed by atoms with E-state index in [4.69, 9.17) is 81.3 Å². The third-order valence-electron chi connectivity index (χ3n) is 20.2. The van der Waals surface area contributed by atoms with Gasteiger partial charge in [-0.05, 0) is 71.8 Å². The number of imidazole rings is 1. The maximum Gasteiger partial charge on any atom is 0.183 e. The first-order valence-electron chi connectivity index (χ1n) is 39.5. The van der Waals surface area contributed by atoms with Crippen molar-refractivity contribution in [3.63, 3.8) is 0 Å². The van der Waals surface area contributed by atoms with Crippen molar-refractivity contribution >= 4 is 113 Å². The van der Waals surface area contributed by atoms with Crippen LogP contribution >= 0.6 is 46.4 Å². The third-order valence-corrected chi connectivity index (χ3v) is 21.4. The van der Waals surface area contributed by atoms with Crippen molar-refractivity contribution in [1.82, 2.24) is 110 Å². The van der Waals surface area contributed by atoms with Crippen molar-refractivity contribution in [3.8, 4) is 114 Å². The average Bonchev–Trinajstić information content (AvgIpc) is 1.62. The Morgan fingerprint density at radius 2 is 0.664 bits per heavy atom. The lowest BCUT2D eigenvalue weighted by Crippen LogP contribution is -2.08. The van der Waals surface area contributed by atoms with Crippen LogP contribution in [-0.4, -0.2) is 110 Å². The van der Waals surface area contributed by atoms with Crippen LogP contribution in [0.25, 0.3) is 134 Å². The minimum atomic E-state index is 0.194. The van der Waals surface area contributed by atoms with Crippen LogP contribution in [0.3, 0.4) is 0 Å². The summed E-state index contributed by atoms with van der Waals surface area (Å²) in [4.78, 5) is 46.5. The van der Waals surface area contributed by atoms with Crippen molar-refractivity contribution in [1.29, 1.82) is 21.0 Å². The first kappa shape index (κ1) is 83.4. The molecule has 12 aromatic heterocycles. The van der Waals surface area contributed by atoms with Crippen molar-refractivity contribution in [2.45, 2.75) is 26.2 Å². The highest BCUT2D eigenvalue weighted by molar-refractivity contribution is 6.37. The molecule has 8 N–H and O–H groups in total. The number of rotatable bonds is 20. The number of nitriles is 4. The first-order chi connectivity index (χ1) is 62.6. The molecule has 0 amide bonds. The highest BCUT2D eigenvalue weighted by Crippen LogP contribution is 2.41. The summed E-state index contributed by atoms with van der Waals surface area (Å²) >= 11 is 25.9.